The molecule has 0 aliphatic heterocycles. The van der Waals surface area contributed by atoms with Gasteiger partial charge in [-0.25, -0.2) is 4.98 Å². The Morgan fingerprint density at radius 3 is 2.58 bits per heavy atom. The highest BCUT2D eigenvalue weighted by molar-refractivity contribution is 6.05. The average molecular weight is 323 g/mol. The molecule has 3 aromatic rings. The Balaban J connectivity index is 1.79. The van der Waals surface area contributed by atoms with Crippen molar-refractivity contribution in [2.24, 2.45) is 0 Å². The van der Waals surface area contributed by atoms with Gasteiger partial charge >= 0.3 is 0 Å². The Hall–Kier alpha value is -3.35. The Kier molecular flexibility index (Phi) is 4.42. The number of hydrogen-bond acceptors (Lipinski definition) is 5. The third-order valence-corrected chi connectivity index (χ3v) is 3.25. The van der Waals surface area contributed by atoms with Crippen molar-refractivity contribution in [1.82, 2.24) is 15.0 Å². The number of rotatable bonds is 4. The zero-order chi connectivity index (χ0) is 16.9. The number of aryl methyl sites for hydroxylation is 1. The third kappa shape index (κ3) is 3.70. The second-order valence-electron chi connectivity index (χ2n) is 5.06. The molecular weight excluding hydrogens is 309 g/mol. The highest BCUT2D eigenvalue weighted by atomic mass is 19.1. The second kappa shape index (κ2) is 6.82. The number of carbonyl (C=O) groups excluding carboxylic acids is 1. The highest BCUT2D eigenvalue weighted by Crippen LogP contribution is 2.24. The summed E-state index contributed by atoms with van der Waals surface area (Å²) >= 11 is 0. The molecule has 0 spiro atoms. The summed E-state index contributed by atoms with van der Waals surface area (Å²) in [4.78, 5) is 24.0. The van der Waals surface area contributed by atoms with Crippen LogP contribution in [0.1, 0.15) is 16.1 Å². The molecule has 0 aromatic carbocycles. The minimum Gasteiger partial charge on any atom is -0.351 e. The van der Waals surface area contributed by atoms with E-state index >= 15 is 0 Å². The molecule has 3 aromatic heterocycles. The van der Waals surface area contributed by atoms with Crippen LogP contribution >= 0.6 is 0 Å². The molecule has 0 atom stereocenters. The predicted octanol–water partition coefficient (Wildman–Crippen LogP) is 3.32. The minimum absolute atomic E-state index is 0.260. The zero-order valence-electron chi connectivity index (χ0n) is 12.8. The van der Waals surface area contributed by atoms with E-state index in [1.54, 1.807) is 24.7 Å². The summed E-state index contributed by atoms with van der Waals surface area (Å²) in [6.07, 6.45) is 6.04. The van der Waals surface area contributed by atoms with E-state index in [9.17, 15) is 9.18 Å². The van der Waals surface area contributed by atoms with Crippen LogP contribution in [0.2, 0.25) is 0 Å². The van der Waals surface area contributed by atoms with Crippen LogP contribution in [0.3, 0.4) is 0 Å². The molecule has 0 unspecified atom stereocenters. The number of aromatic nitrogens is 3. The van der Waals surface area contributed by atoms with Crippen molar-refractivity contribution in [2.45, 2.75) is 6.92 Å². The molecule has 0 bridgehead atoms. The predicted molar refractivity (Wildman–Crippen MR) is 88.6 cm³/mol. The number of anilines is 3. The van der Waals surface area contributed by atoms with E-state index in [0.29, 0.717) is 11.4 Å². The smallest absolute Gasteiger partial charge is 0.257 e. The molecule has 0 saturated carbocycles. The van der Waals surface area contributed by atoms with E-state index in [4.69, 9.17) is 0 Å². The van der Waals surface area contributed by atoms with E-state index in [0.717, 1.165) is 17.4 Å². The van der Waals surface area contributed by atoms with Gasteiger partial charge < -0.3 is 10.6 Å². The molecule has 24 heavy (non-hydrogen) atoms. The Morgan fingerprint density at radius 1 is 1.00 bits per heavy atom. The monoisotopic (exact) mass is 323 g/mol. The lowest BCUT2D eigenvalue weighted by Crippen LogP contribution is -2.13. The van der Waals surface area contributed by atoms with Crippen LogP contribution in [0.4, 0.5) is 21.5 Å². The van der Waals surface area contributed by atoms with E-state index in [2.05, 4.69) is 25.6 Å². The van der Waals surface area contributed by atoms with Crippen molar-refractivity contribution in [2.75, 3.05) is 10.6 Å². The highest BCUT2D eigenvalue weighted by Gasteiger charge is 2.10. The molecule has 0 fully saturated rings. The molecule has 0 aliphatic rings. The van der Waals surface area contributed by atoms with Crippen LogP contribution in [0.25, 0.3) is 0 Å². The van der Waals surface area contributed by atoms with Gasteiger partial charge in [-0.05, 0) is 37.3 Å². The summed E-state index contributed by atoms with van der Waals surface area (Å²) in [5.74, 6) is -1.02. The van der Waals surface area contributed by atoms with Gasteiger partial charge in [-0.15, -0.1) is 0 Å². The Bertz CT molecular complexity index is 850. The first kappa shape index (κ1) is 15.5. The van der Waals surface area contributed by atoms with Gasteiger partial charge in [-0.3, -0.25) is 14.8 Å². The molecule has 6 nitrogen and oxygen atoms in total. The molecule has 3 heterocycles. The average Bonchev–Trinajstić information content (AvgIpc) is 2.59. The van der Waals surface area contributed by atoms with Crippen molar-refractivity contribution in [3.05, 3.63) is 72.3 Å². The standard InChI is InChI=1S/C17H14FN5O/c1-11-2-4-13(9-20-11)22-15-10-19-7-6-14(15)23-17(24)12-3-5-16(18)21-8-12/h2-10,22H,1H3,(H,19,23,24). The van der Waals surface area contributed by atoms with Gasteiger partial charge in [-0.1, -0.05) is 0 Å². The Labute approximate surface area is 137 Å². The maximum atomic E-state index is 12.8. The van der Waals surface area contributed by atoms with Crippen molar-refractivity contribution in [3.63, 3.8) is 0 Å². The van der Waals surface area contributed by atoms with Gasteiger partial charge in [0.2, 0.25) is 5.95 Å². The SMILES string of the molecule is Cc1ccc(Nc2cnccc2NC(=O)c2ccc(F)nc2)cn1. The summed E-state index contributed by atoms with van der Waals surface area (Å²) in [7, 11) is 0. The molecule has 120 valence electrons. The molecule has 7 heteroatoms. The van der Waals surface area contributed by atoms with Crippen LogP contribution in [0.15, 0.2) is 55.1 Å². The summed E-state index contributed by atoms with van der Waals surface area (Å²) in [6.45, 7) is 1.90. The van der Waals surface area contributed by atoms with Gasteiger partial charge in [0.05, 0.1) is 35.0 Å². The lowest BCUT2D eigenvalue weighted by atomic mass is 10.2. The van der Waals surface area contributed by atoms with Gasteiger partial charge in [0.1, 0.15) is 0 Å². The van der Waals surface area contributed by atoms with Crippen LogP contribution in [-0.2, 0) is 0 Å². The third-order valence-electron chi connectivity index (χ3n) is 3.25. The molecule has 1 amide bonds. The number of amides is 1. The molecular formula is C17H14FN5O. The van der Waals surface area contributed by atoms with Gasteiger partial charge in [0.15, 0.2) is 0 Å². The van der Waals surface area contributed by atoms with Crippen molar-refractivity contribution < 1.29 is 9.18 Å². The van der Waals surface area contributed by atoms with Crippen LogP contribution in [0.5, 0.6) is 0 Å². The molecule has 0 saturated heterocycles. The lowest BCUT2D eigenvalue weighted by molar-refractivity contribution is 0.102. The Morgan fingerprint density at radius 2 is 1.88 bits per heavy atom. The first-order valence-electron chi connectivity index (χ1n) is 7.18. The van der Waals surface area contributed by atoms with E-state index in [-0.39, 0.29) is 5.56 Å². The minimum atomic E-state index is -0.635. The number of hydrogen-bond donors (Lipinski definition) is 2. The number of carbonyl (C=O) groups is 1. The van der Waals surface area contributed by atoms with Gasteiger partial charge in [0.25, 0.3) is 5.91 Å². The summed E-state index contributed by atoms with van der Waals surface area (Å²) in [5.41, 5.74) is 3.10. The quantitative estimate of drug-likeness (QED) is 0.720. The lowest BCUT2D eigenvalue weighted by Gasteiger charge is -2.12. The molecule has 2 N–H and O–H groups in total. The zero-order valence-corrected chi connectivity index (χ0v) is 12.8. The fraction of sp³-hybridized carbons (Fsp3) is 0.0588. The molecule has 3 rings (SSSR count). The van der Waals surface area contributed by atoms with Crippen molar-refractivity contribution in [3.8, 4) is 0 Å². The number of pyridine rings is 3. The van der Waals surface area contributed by atoms with Crippen LogP contribution in [0, 0.1) is 12.9 Å². The normalized spacial score (nSPS) is 10.2. The summed E-state index contributed by atoms with van der Waals surface area (Å²) in [5, 5.41) is 5.90. The van der Waals surface area contributed by atoms with E-state index < -0.39 is 11.9 Å². The summed E-state index contributed by atoms with van der Waals surface area (Å²) < 4.78 is 12.8. The van der Waals surface area contributed by atoms with Gasteiger partial charge in [0, 0.05) is 18.1 Å². The molecule has 0 radical (unpaired) electrons. The fourth-order valence-electron chi connectivity index (χ4n) is 2.00. The number of halogens is 1. The maximum Gasteiger partial charge on any atom is 0.257 e. The first-order valence-corrected chi connectivity index (χ1v) is 7.18. The van der Waals surface area contributed by atoms with Crippen LogP contribution in [-0.4, -0.2) is 20.9 Å². The van der Waals surface area contributed by atoms with Gasteiger partial charge in [-0.2, -0.15) is 4.39 Å². The fourth-order valence-corrected chi connectivity index (χ4v) is 2.00. The number of nitrogens with one attached hydrogen (secondary N) is 2. The first-order chi connectivity index (χ1) is 11.6. The second-order valence-corrected chi connectivity index (χ2v) is 5.06. The topological polar surface area (TPSA) is 79.8 Å². The van der Waals surface area contributed by atoms with Crippen molar-refractivity contribution >= 4 is 23.0 Å². The van der Waals surface area contributed by atoms with E-state index in [1.807, 2.05) is 19.1 Å². The largest absolute Gasteiger partial charge is 0.351 e. The van der Waals surface area contributed by atoms with E-state index in [1.165, 1.54) is 12.3 Å². The summed E-state index contributed by atoms with van der Waals surface area (Å²) in [6, 6.07) is 7.93. The molecule has 0 aliphatic carbocycles. The maximum absolute atomic E-state index is 12.8. The number of nitrogens with zero attached hydrogens (tertiary/aromatic N) is 3. The van der Waals surface area contributed by atoms with Crippen LogP contribution < -0.4 is 10.6 Å². The van der Waals surface area contributed by atoms with Crippen molar-refractivity contribution in [1.29, 1.82) is 0 Å².